The number of hydrogen-bond acceptors (Lipinski definition) is 6. The van der Waals surface area contributed by atoms with Crippen molar-refractivity contribution in [3.05, 3.63) is 65.1 Å². The van der Waals surface area contributed by atoms with Crippen LogP contribution in [0.4, 0.5) is 16.2 Å². The predicted molar refractivity (Wildman–Crippen MR) is 136 cm³/mol. The monoisotopic (exact) mass is 476 g/mol. The Labute approximate surface area is 204 Å². The summed E-state index contributed by atoms with van der Waals surface area (Å²) in [5, 5.41) is -0.388. The van der Waals surface area contributed by atoms with E-state index in [0.717, 1.165) is 54.1 Å². The van der Waals surface area contributed by atoms with Gasteiger partial charge in [-0.3, -0.25) is 19.3 Å². The van der Waals surface area contributed by atoms with Crippen molar-refractivity contribution >= 4 is 46.3 Å². The first kappa shape index (κ1) is 22.5. The van der Waals surface area contributed by atoms with Crippen molar-refractivity contribution in [2.24, 2.45) is 0 Å². The zero-order valence-corrected chi connectivity index (χ0v) is 19.9. The number of carbonyl (C=O) groups excluding carboxylic acids is 3. The van der Waals surface area contributed by atoms with Crippen LogP contribution in [0.5, 0.6) is 0 Å². The van der Waals surface area contributed by atoms with Crippen molar-refractivity contribution in [1.82, 2.24) is 9.80 Å². The number of amides is 3. The zero-order chi connectivity index (χ0) is 23.5. The predicted octanol–water partition coefficient (Wildman–Crippen LogP) is 3.67. The molecule has 3 amide bonds. The van der Waals surface area contributed by atoms with E-state index in [2.05, 4.69) is 34.1 Å². The number of rotatable bonds is 5. The van der Waals surface area contributed by atoms with Crippen LogP contribution in [-0.4, -0.2) is 72.7 Å². The molecule has 0 aliphatic carbocycles. The molecule has 3 aliphatic rings. The molecule has 2 aromatic rings. The summed E-state index contributed by atoms with van der Waals surface area (Å²) in [6.07, 6.45) is 4.18. The SMILES string of the molecule is O=C(CN1C(=O)S/C(=C/c2ccc(N3CCCC3)cc2)C1=O)N1CCN(c2ccccc2)CC1. The van der Waals surface area contributed by atoms with Gasteiger partial charge in [0.2, 0.25) is 5.91 Å². The Morgan fingerprint density at radius 1 is 0.794 bits per heavy atom. The van der Waals surface area contributed by atoms with Crippen LogP contribution in [0.25, 0.3) is 6.08 Å². The molecule has 0 spiro atoms. The highest BCUT2D eigenvalue weighted by atomic mass is 32.2. The Morgan fingerprint density at radius 3 is 2.09 bits per heavy atom. The van der Waals surface area contributed by atoms with Crippen molar-refractivity contribution in [2.45, 2.75) is 12.8 Å². The van der Waals surface area contributed by atoms with Gasteiger partial charge in [-0.2, -0.15) is 0 Å². The third-order valence-corrected chi connectivity index (χ3v) is 7.49. The molecule has 8 heteroatoms. The quantitative estimate of drug-likeness (QED) is 0.614. The molecular weight excluding hydrogens is 448 g/mol. The minimum absolute atomic E-state index is 0.189. The van der Waals surface area contributed by atoms with Crippen LogP contribution in [0.15, 0.2) is 59.5 Å². The van der Waals surface area contributed by atoms with Gasteiger partial charge in [0.05, 0.1) is 4.91 Å². The van der Waals surface area contributed by atoms with Crippen LogP contribution in [0.3, 0.4) is 0 Å². The Hall–Kier alpha value is -3.26. The molecule has 7 nitrogen and oxygen atoms in total. The maximum atomic E-state index is 12.9. The van der Waals surface area contributed by atoms with Gasteiger partial charge in [0.15, 0.2) is 0 Å². The summed E-state index contributed by atoms with van der Waals surface area (Å²) in [7, 11) is 0. The first-order valence-corrected chi connectivity index (χ1v) is 12.6. The maximum absolute atomic E-state index is 12.9. The van der Waals surface area contributed by atoms with Gasteiger partial charge in [0, 0.05) is 50.6 Å². The lowest BCUT2D eigenvalue weighted by Gasteiger charge is -2.36. The maximum Gasteiger partial charge on any atom is 0.294 e. The standard InChI is InChI=1S/C26H28N4O3S/c31-24(29-16-14-28(15-17-29)21-6-2-1-3-7-21)19-30-25(32)23(34-26(30)33)18-20-8-10-22(11-9-20)27-12-4-5-13-27/h1-3,6-11,18H,4-5,12-17,19H2/b23-18+. The molecule has 3 saturated heterocycles. The van der Waals surface area contributed by atoms with Crippen LogP contribution in [0.1, 0.15) is 18.4 Å². The van der Waals surface area contributed by atoms with E-state index < -0.39 is 5.91 Å². The van der Waals surface area contributed by atoms with Gasteiger partial charge in [-0.05, 0) is 60.5 Å². The van der Waals surface area contributed by atoms with Crippen LogP contribution >= 0.6 is 11.8 Å². The number of thioether (sulfide) groups is 1. The molecule has 0 unspecified atom stereocenters. The lowest BCUT2D eigenvalue weighted by atomic mass is 10.2. The average Bonchev–Trinajstić information content (AvgIpc) is 3.50. The highest BCUT2D eigenvalue weighted by Crippen LogP contribution is 2.32. The number of piperazine rings is 1. The molecule has 3 aliphatic heterocycles. The first-order chi connectivity index (χ1) is 16.6. The summed E-state index contributed by atoms with van der Waals surface area (Å²) >= 11 is 0.902. The summed E-state index contributed by atoms with van der Waals surface area (Å²) in [5.41, 5.74) is 3.19. The second-order valence-electron chi connectivity index (χ2n) is 8.76. The molecule has 0 atom stereocenters. The summed E-state index contributed by atoms with van der Waals surface area (Å²) in [5.74, 6) is -0.582. The number of carbonyl (C=O) groups is 3. The largest absolute Gasteiger partial charge is 0.372 e. The highest BCUT2D eigenvalue weighted by Gasteiger charge is 2.37. The minimum Gasteiger partial charge on any atom is -0.372 e. The van der Waals surface area contributed by atoms with E-state index in [9.17, 15) is 14.4 Å². The smallest absolute Gasteiger partial charge is 0.294 e. The summed E-state index contributed by atoms with van der Waals surface area (Å²) in [4.78, 5) is 46.0. The molecule has 0 bridgehead atoms. The van der Waals surface area contributed by atoms with Crippen LogP contribution in [0, 0.1) is 0 Å². The van der Waals surface area contributed by atoms with Gasteiger partial charge < -0.3 is 14.7 Å². The van der Waals surface area contributed by atoms with Crippen molar-refractivity contribution in [2.75, 3.05) is 55.6 Å². The fourth-order valence-corrected chi connectivity index (χ4v) is 5.47. The first-order valence-electron chi connectivity index (χ1n) is 11.8. The lowest BCUT2D eigenvalue weighted by molar-refractivity contribution is -0.136. The average molecular weight is 477 g/mol. The third kappa shape index (κ3) is 4.82. The molecule has 0 saturated carbocycles. The summed E-state index contributed by atoms with van der Waals surface area (Å²) in [6.45, 7) is 4.55. The van der Waals surface area contributed by atoms with Gasteiger partial charge in [-0.15, -0.1) is 0 Å². The van der Waals surface area contributed by atoms with E-state index in [-0.39, 0.29) is 17.7 Å². The van der Waals surface area contributed by atoms with Crippen LogP contribution < -0.4 is 9.80 Å². The highest BCUT2D eigenvalue weighted by molar-refractivity contribution is 8.18. The zero-order valence-electron chi connectivity index (χ0n) is 19.1. The van der Waals surface area contributed by atoms with Crippen LogP contribution in [-0.2, 0) is 9.59 Å². The van der Waals surface area contributed by atoms with Gasteiger partial charge in [0.25, 0.3) is 11.1 Å². The second-order valence-corrected chi connectivity index (χ2v) is 9.75. The van der Waals surface area contributed by atoms with E-state index in [1.807, 2.05) is 30.3 Å². The van der Waals surface area contributed by atoms with Gasteiger partial charge >= 0.3 is 0 Å². The van der Waals surface area contributed by atoms with Crippen LogP contribution in [0.2, 0.25) is 0 Å². The van der Waals surface area contributed by atoms with E-state index in [1.165, 1.54) is 18.5 Å². The van der Waals surface area contributed by atoms with Gasteiger partial charge in [0.1, 0.15) is 6.54 Å². The number of benzene rings is 2. The molecule has 176 valence electrons. The molecule has 34 heavy (non-hydrogen) atoms. The Kier molecular flexibility index (Phi) is 6.58. The summed E-state index contributed by atoms with van der Waals surface area (Å²) in [6, 6.07) is 18.2. The lowest BCUT2D eigenvalue weighted by Crippen LogP contribution is -2.51. The Morgan fingerprint density at radius 2 is 1.41 bits per heavy atom. The Balaban J connectivity index is 1.18. The molecule has 0 N–H and O–H groups in total. The number of para-hydroxylation sites is 1. The topological polar surface area (TPSA) is 64.2 Å². The minimum atomic E-state index is -0.394. The molecule has 3 fully saturated rings. The molecule has 0 aromatic heterocycles. The Bertz CT molecular complexity index is 1090. The van der Waals surface area contributed by atoms with Gasteiger partial charge in [-0.25, -0.2) is 0 Å². The number of anilines is 2. The third-order valence-electron chi connectivity index (χ3n) is 6.58. The normalized spacial score (nSPS) is 20.1. The van der Waals surface area contributed by atoms with E-state index in [0.29, 0.717) is 18.0 Å². The van der Waals surface area contributed by atoms with Crippen molar-refractivity contribution in [3.8, 4) is 0 Å². The molecule has 5 rings (SSSR count). The van der Waals surface area contributed by atoms with Crippen molar-refractivity contribution in [3.63, 3.8) is 0 Å². The van der Waals surface area contributed by atoms with E-state index >= 15 is 0 Å². The van der Waals surface area contributed by atoms with E-state index in [4.69, 9.17) is 0 Å². The number of imide groups is 1. The van der Waals surface area contributed by atoms with Crippen molar-refractivity contribution < 1.29 is 14.4 Å². The molecule has 3 heterocycles. The van der Waals surface area contributed by atoms with E-state index in [1.54, 1.807) is 11.0 Å². The molecular formula is C26H28N4O3S. The van der Waals surface area contributed by atoms with Crippen molar-refractivity contribution in [1.29, 1.82) is 0 Å². The van der Waals surface area contributed by atoms with Gasteiger partial charge in [-0.1, -0.05) is 30.3 Å². The number of nitrogens with zero attached hydrogens (tertiary/aromatic N) is 4. The molecule has 2 aromatic carbocycles. The fourth-order valence-electron chi connectivity index (χ4n) is 4.63. The number of hydrogen-bond donors (Lipinski definition) is 0. The fraction of sp³-hybridized carbons (Fsp3) is 0.346. The molecule has 0 radical (unpaired) electrons. The second kappa shape index (κ2) is 9.93. The summed E-state index contributed by atoms with van der Waals surface area (Å²) < 4.78 is 0.